The molecule has 2 N–H and O–H groups in total. The predicted octanol–water partition coefficient (Wildman–Crippen LogP) is 1.73. The smallest absolute Gasteiger partial charge is 0.335 e. The van der Waals surface area contributed by atoms with E-state index in [1.54, 1.807) is 4.72 Å². The van der Waals surface area contributed by atoms with Crippen molar-refractivity contribution in [2.45, 2.75) is 12.8 Å². The number of sulfonamides is 1. The standard InChI is InChI=1S/C10H10N6O6S.C10H10/c1-21-6-3-7(22-2)13-9(12-6)14-10(18)16-23(19,20)8-5(17)4-11-15-8;1-8-6-7-9-4-2-3-5-10(8)9/h3-4H,1-2H3,(H2,12,13,14,16,18);2-8H,1H3. The summed E-state index contributed by atoms with van der Waals surface area (Å²) in [6.07, 6.45) is 5.15. The van der Waals surface area contributed by atoms with Crippen LogP contribution in [0.1, 0.15) is 24.0 Å². The highest BCUT2D eigenvalue weighted by Crippen LogP contribution is 2.28. The van der Waals surface area contributed by atoms with Crippen LogP contribution < -0.4 is 19.5 Å². The van der Waals surface area contributed by atoms with Gasteiger partial charge in [0.05, 0.1) is 20.3 Å². The van der Waals surface area contributed by atoms with Gasteiger partial charge in [0, 0.05) is 0 Å². The van der Waals surface area contributed by atoms with Crippen LogP contribution in [0.5, 0.6) is 11.8 Å². The van der Waals surface area contributed by atoms with Crippen molar-refractivity contribution in [1.82, 2.24) is 14.7 Å². The number of fused-ring (bicyclic) bond motifs is 1. The number of hydrogen-bond acceptors (Lipinski definition) is 10. The summed E-state index contributed by atoms with van der Waals surface area (Å²) in [7, 11) is -1.80. The SMILES string of the molecule is CC1C=Cc2ccccc21.COc1cc(OC)nc(NC(=O)NS(=O)(=O)C2=NN=CC2=O)n1. The molecule has 1 unspecified atom stereocenters. The molecule has 2 heterocycles. The number of allylic oxidation sites excluding steroid dienone is 1. The average Bonchev–Trinajstić information content (AvgIpc) is 3.39. The molecule has 12 nitrogen and oxygen atoms in total. The number of ketones is 1. The van der Waals surface area contributed by atoms with Gasteiger partial charge in [-0.05, 0) is 17.0 Å². The van der Waals surface area contributed by atoms with Crippen molar-refractivity contribution in [3.8, 4) is 11.8 Å². The first kappa shape index (κ1) is 23.5. The molecule has 1 aromatic heterocycles. The summed E-state index contributed by atoms with van der Waals surface area (Å²) in [5.74, 6) is -0.428. The highest BCUT2D eigenvalue weighted by Gasteiger charge is 2.31. The van der Waals surface area contributed by atoms with Crippen LogP contribution in [-0.4, -0.2) is 55.7 Å². The number of hydrogen-bond donors (Lipinski definition) is 2. The van der Waals surface area contributed by atoms with Crippen LogP contribution in [0.4, 0.5) is 10.7 Å². The molecule has 1 aromatic carbocycles. The Balaban J connectivity index is 0.000000252. The number of rotatable bonds is 3. The number of benzene rings is 1. The minimum atomic E-state index is -4.46. The van der Waals surface area contributed by atoms with Crippen LogP contribution in [0.2, 0.25) is 0 Å². The van der Waals surface area contributed by atoms with Crippen molar-refractivity contribution >= 4 is 45.1 Å². The highest BCUT2D eigenvalue weighted by molar-refractivity contribution is 8.07. The van der Waals surface area contributed by atoms with Gasteiger partial charge in [-0.15, -0.1) is 5.10 Å². The molecule has 0 fully saturated rings. The fourth-order valence-electron chi connectivity index (χ4n) is 2.82. The average molecular weight is 472 g/mol. The fourth-order valence-corrected chi connectivity index (χ4v) is 3.68. The van der Waals surface area contributed by atoms with Crippen molar-refractivity contribution in [3.05, 3.63) is 47.5 Å². The second kappa shape index (κ2) is 9.99. The van der Waals surface area contributed by atoms with E-state index >= 15 is 0 Å². The van der Waals surface area contributed by atoms with Gasteiger partial charge in [0.25, 0.3) is 10.0 Å². The van der Waals surface area contributed by atoms with E-state index in [1.165, 1.54) is 31.4 Å². The Morgan fingerprint density at radius 1 is 1.09 bits per heavy atom. The highest BCUT2D eigenvalue weighted by atomic mass is 32.2. The fraction of sp³-hybridized carbons (Fsp3) is 0.200. The molecule has 0 saturated carbocycles. The van der Waals surface area contributed by atoms with E-state index in [-0.39, 0.29) is 17.7 Å². The van der Waals surface area contributed by atoms with Crippen molar-refractivity contribution < 1.29 is 27.5 Å². The van der Waals surface area contributed by atoms with E-state index in [0.29, 0.717) is 12.1 Å². The summed E-state index contributed by atoms with van der Waals surface area (Å²) in [4.78, 5) is 30.5. The first-order chi connectivity index (χ1) is 15.7. The van der Waals surface area contributed by atoms with E-state index < -0.39 is 26.9 Å². The Labute approximate surface area is 189 Å². The van der Waals surface area contributed by atoms with Crippen LogP contribution in [0, 0.1) is 0 Å². The van der Waals surface area contributed by atoms with E-state index in [0.717, 1.165) is 0 Å². The second-order valence-corrected chi connectivity index (χ2v) is 8.22. The summed E-state index contributed by atoms with van der Waals surface area (Å²) in [6.45, 7) is 2.22. The molecule has 2 aromatic rings. The van der Waals surface area contributed by atoms with E-state index in [2.05, 4.69) is 68.8 Å². The third-order valence-corrected chi connectivity index (χ3v) is 5.64. The predicted molar refractivity (Wildman–Crippen MR) is 121 cm³/mol. The number of urea groups is 1. The maximum Gasteiger partial charge on any atom is 0.335 e. The molecule has 1 aliphatic carbocycles. The molecule has 0 saturated heterocycles. The monoisotopic (exact) mass is 472 g/mol. The van der Waals surface area contributed by atoms with Gasteiger partial charge in [-0.2, -0.15) is 23.5 Å². The molecule has 2 amide bonds. The van der Waals surface area contributed by atoms with E-state index in [4.69, 9.17) is 9.47 Å². The zero-order chi connectivity index (χ0) is 24.0. The number of ether oxygens (including phenoxy) is 2. The molecule has 4 rings (SSSR count). The summed E-state index contributed by atoms with van der Waals surface area (Å²) >= 11 is 0. The Hall–Kier alpha value is -4.13. The van der Waals surface area contributed by atoms with Crippen molar-refractivity contribution in [1.29, 1.82) is 0 Å². The lowest BCUT2D eigenvalue weighted by molar-refractivity contribution is -0.106. The van der Waals surface area contributed by atoms with Crippen molar-refractivity contribution in [2.75, 3.05) is 19.5 Å². The zero-order valence-corrected chi connectivity index (χ0v) is 18.7. The molecular formula is C20H20N6O6S. The number of methoxy groups -OCH3 is 2. The number of Topliss-reactive ketones (excluding diaryl/α,β-unsaturated/α-hetero) is 1. The summed E-state index contributed by atoms with van der Waals surface area (Å²) < 4.78 is 34.9. The molecule has 13 heteroatoms. The molecule has 0 bridgehead atoms. The lowest BCUT2D eigenvalue weighted by atomic mass is 10.0. The molecule has 1 atom stereocenters. The molecule has 172 valence electrons. The van der Waals surface area contributed by atoms with Gasteiger partial charge in [0.1, 0.15) is 6.21 Å². The number of anilines is 1. The van der Waals surface area contributed by atoms with Crippen molar-refractivity contribution in [2.24, 2.45) is 10.2 Å². The topological polar surface area (TPSA) is 161 Å². The van der Waals surface area contributed by atoms with Gasteiger partial charge >= 0.3 is 6.03 Å². The number of aromatic nitrogens is 2. The third-order valence-electron chi connectivity index (χ3n) is 4.39. The number of carbonyl (C=O) groups excluding carboxylic acids is 2. The number of nitrogens with one attached hydrogen (secondary N) is 2. The Bertz CT molecular complexity index is 1250. The third kappa shape index (κ3) is 5.77. The Morgan fingerprint density at radius 2 is 1.76 bits per heavy atom. The number of nitrogens with zero attached hydrogens (tertiary/aromatic N) is 4. The van der Waals surface area contributed by atoms with Crippen molar-refractivity contribution in [3.63, 3.8) is 0 Å². The van der Waals surface area contributed by atoms with E-state index in [1.807, 2.05) is 0 Å². The molecule has 33 heavy (non-hydrogen) atoms. The Kier molecular flexibility index (Phi) is 7.13. The lowest BCUT2D eigenvalue weighted by Gasteiger charge is -2.08. The minimum absolute atomic E-state index is 0.0822. The van der Waals surface area contributed by atoms with Gasteiger partial charge in [-0.25, -0.2) is 9.52 Å². The van der Waals surface area contributed by atoms with Crippen LogP contribution in [-0.2, 0) is 14.8 Å². The largest absolute Gasteiger partial charge is 0.481 e. The first-order valence-electron chi connectivity index (χ1n) is 9.47. The maximum atomic E-state index is 11.8. The summed E-state index contributed by atoms with van der Waals surface area (Å²) in [5, 5.41) is 7.47. The zero-order valence-electron chi connectivity index (χ0n) is 17.8. The quantitative estimate of drug-likeness (QED) is 0.682. The van der Waals surface area contributed by atoms with Gasteiger partial charge in [0.15, 0.2) is 0 Å². The normalized spacial score (nSPS) is 15.8. The van der Waals surface area contributed by atoms with Gasteiger partial charge < -0.3 is 9.47 Å². The maximum absolute atomic E-state index is 11.8. The second-order valence-electron chi connectivity index (χ2n) is 6.63. The molecule has 0 spiro atoms. The van der Waals surface area contributed by atoms with Crippen LogP contribution >= 0.6 is 0 Å². The van der Waals surface area contributed by atoms with Gasteiger partial charge in [-0.3, -0.25) is 10.1 Å². The van der Waals surface area contributed by atoms with Gasteiger partial charge in [0.2, 0.25) is 28.5 Å². The molecular weight excluding hydrogens is 452 g/mol. The van der Waals surface area contributed by atoms with E-state index in [9.17, 15) is 18.0 Å². The number of amides is 2. The molecule has 0 radical (unpaired) electrons. The Morgan fingerprint density at radius 3 is 2.33 bits per heavy atom. The number of carbonyl (C=O) groups is 2. The molecule has 2 aliphatic rings. The van der Waals surface area contributed by atoms with Crippen LogP contribution in [0.3, 0.4) is 0 Å². The van der Waals surface area contributed by atoms with Gasteiger partial charge in [-0.1, -0.05) is 43.3 Å². The van der Waals surface area contributed by atoms with Crippen LogP contribution in [0.25, 0.3) is 6.08 Å². The molecule has 1 aliphatic heterocycles. The first-order valence-corrected chi connectivity index (χ1v) is 10.9. The minimum Gasteiger partial charge on any atom is -0.481 e. The van der Waals surface area contributed by atoms with Crippen LogP contribution in [0.15, 0.2) is 46.6 Å². The summed E-state index contributed by atoms with van der Waals surface area (Å²) in [6, 6.07) is 8.69. The summed E-state index contributed by atoms with van der Waals surface area (Å²) in [5.41, 5.74) is 2.84. The lowest BCUT2D eigenvalue weighted by Crippen LogP contribution is -2.41.